The van der Waals surface area contributed by atoms with E-state index < -0.39 is 0 Å². The normalized spacial score (nSPS) is 16.2. The maximum absolute atomic E-state index is 4.88. The second kappa shape index (κ2) is 4.75. The molecule has 3 nitrogen and oxygen atoms in total. The van der Waals surface area contributed by atoms with Crippen LogP contribution < -0.4 is 4.48 Å². The number of azo groups is 2. The van der Waals surface area contributed by atoms with Crippen molar-refractivity contribution < 1.29 is 4.70 Å². The van der Waals surface area contributed by atoms with Crippen LogP contribution in [0.1, 0.15) is 0 Å². The largest absolute Gasteiger partial charge is 0.306 e. The monoisotopic (exact) mass is 289 g/mol. The highest BCUT2D eigenvalue weighted by Gasteiger charge is 2.37. The third-order valence-electron chi connectivity index (χ3n) is 4.25. The summed E-state index contributed by atoms with van der Waals surface area (Å²) in [6.07, 6.45) is 0. The summed E-state index contributed by atoms with van der Waals surface area (Å²) in [4.78, 5) is 0. The summed E-state index contributed by atoms with van der Waals surface area (Å²) in [5, 5.41) is 7.45. The van der Waals surface area contributed by atoms with Crippen LogP contribution in [0.3, 0.4) is 0 Å². The fraction of sp³-hybridized carbons (Fsp3) is 0.158. The third-order valence-corrected chi connectivity index (χ3v) is 4.25. The van der Waals surface area contributed by atoms with Gasteiger partial charge in [0.15, 0.2) is 11.4 Å². The Morgan fingerprint density at radius 2 is 1.59 bits per heavy atom. The zero-order chi connectivity index (χ0) is 15.2. The van der Waals surface area contributed by atoms with E-state index in [2.05, 4.69) is 79.5 Å². The minimum Gasteiger partial charge on any atom is -0.236 e. The zero-order valence-electron chi connectivity index (χ0n) is 12.9. The number of para-hydroxylation sites is 1. The molecule has 1 heterocycles. The van der Waals surface area contributed by atoms with Crippen molar-refractivity contribution in [2.24, 2.45) is 5.11 Å². The van der Waals surface area contributed by atoms with Gasteiger partial charge in [0.2, 0.25) is 5.69 Å². The molecule has 0 aliphatic carbocycles. The number of fused-ring (bicyclic) bond motifs is 3. The number of hydrogen-bond donors (Lipinski definition) is 0. The van der Waals surface area contributed by atoms with Crippen molar-refractivity contribution >= 4 is 27.8 Å². The molecule has 0 amide bonds. The summed E-state index contributed by atoms with van der Waals surface area (Å²) in [7, 11) is 4.49. The number of benzene rings is 3. The third kappa shape index (κ3) is 2.02. The van der Waals surface area contributed by atoms with E-state index in [1.807, 2.05) is 6.07 Å². The minimum absolute atomic E-state index is 0.787. The summed E-state index contributed by atoms with van der Waals surface area (Å²) in [5.74, 6) is 0. The molecule has 4 rings (SSSR count). The molecule has 0 N–H and O–H groups in total. The van der Waals surface area contributed by atoms with E-state index in [1.165, 1.54) is 16.5 Å². The van der Waals surface area contributed by atoms with E-state index in [1.54, 1.807) is 0 Å². The SMILES string of the molecule is C[N+]1(C)C[N+](c2ccccc2)=Nc2ccc3ccccc3c21. The Hall–Kier alpha value is -2.52. The fourth-order valence-corrected chi connectivity index (χ4v) is 3.27. The van der Waals surface area contributed by atoms with Crippen LogP contribution in [0.2, 0.25) is 0 Å². The smallest absolute Gasteiger partial charge is 0.236 e. The summed E-state index contributed by atoms with van der Waals surface area (Å²) in [5.41, 5.74) is 3.48. The lowest BCUT2D eigenvalue weighted by molar-refractivity contribution is -0.529. The van der Waals surface area contributed by atoms with Crippen molar-refractivity contribution in [1.82, 2.24) is 4.48 Å². The van der Waals surface area contributed by atoms with Gasteiger partial charge in [-0.15, -0.1) is 0 Å². The van der Waals surface area contributed by atoms with Gasteiger partial charge in [0.1, 0.15) is 0 Å². The Bertz CT molecular complexity index is 880. The van der Waals surface area contributed by atoms with Crippen LogP contribution in [-0.4, -0.2) is 25.5 Å². The van der Waals surface area contributed by atoms with Crippen LogP contribution in [0.25, 0.3) is 10.8 Å². The first kappa shape index (κ1) is 13.2. The lowest BCUT2D eigenvalue weighted by Crippen LogP contribution is -2.46. The highest BCUT2D eigenvalue weighted by atomic mass is 15.5. The van der Waals surface area contributed by atoms with Crippen molar-refractivity contribution in [3.63, 3.8) is 0 Å². The summed E-state index contributed by atoms with van der Waals surface area (Å²) in [6.45, 7) is 0.824. The number of nitrogens with zero attached hydrogens (tertiary/aromatic N) is 3. The van der Waals surface area contributed by atoms with Crippen LogP contribution in [0.4, 0.5) is 17.1 Å². The predicted molar refractivity (Wildman–Crippen MR) is 90.9 cm³/mol. The Morgan fingerprint density at radius 1 is 0.864 bits per heavy atom. The summed E-state index contributed by atoms with van der Waals surface area (Å²) >= 11 is 0. The zero-order valence-corrected chi connectivity index (χ0v) is 12.9. The van der Waals surface area contributed by atoms with Crippen molar-refractivity contribution in [3.8, 4) is 0 Å². The molecule has 0 aromatic heterocycles. The molecule has 0 spiro atoms. The Morgan fingerprint density at radius 3 is 2.41 bits per heavy atom. The van der Waals surface area contributed by atoms with Crippen molar-refractivity contribution in [1.29, 1.82) is 0 Å². The van der Waals surface area contributed by atoms with Crippen LogP contribution in [0.5, 0.6) is 0 Å². The van der Waals surface area contributed by atoms with Gasteiger partial charge in [0, 0.05) is 22.6 Å². The molecular weight excluding hydrogens is 270 g/mol. The molecule has 0 saturated heterocycles. The molecule has 1 aliphatic rings. The van der Waals surface area contributed by atoms with Gasteiger partial charge < -0.3 is 0 Å². The number of rotatable bonds is 1. The average Bonchev–Trinajstić information content (AvgIpc) is 2.54. The van der Waals surface area contributed by atoms with Gasteiger partial charge in [-0.1, -0.05) is 42.5 Å². The highest BCUT2D eigenvalue weighted by molar-refractivity contribution is 5.98. The van der Waals surface area contributed by atoms with Crippen molar-refractivity contribution in [2.75, 3.05) is 20.8 Å². The second-order valence-electron chi connectivity index (χ2n) is 6.32. The topological polar surface area (TPSA) is 15.4 Å². The molecule has 22 heavy (non-hydrogen) atoms. The molecule has 0 fully saturated rings. The van der Waals surface area contributed by atoms with Gasteiger partial charge in [-0.25, -0.2) is 4.48 Å². The molecule has 0 atom stereocenters. The fourth-order valence-electron chi connectivity index (χ4n) is 3.27. The van der Waals surface area contributed by atoms with Crippen molar-refractivity contribution in [2.45, 2.75) is 0 Å². The van der Waals surface area contributed by atoms with Gasteiger partial charge in [0.25, 0.3) is 0 Å². The lowest BCUT2D eigenvalue weighted by atomic mass is 10.1. The lowest BCUT2D eigenvalue weighted by Gasteiger charge is -2.30. The molecule has 0 saturated carbocycles. The molecule has 108 valence electrons. The van der Waals surface area contributed by atoms with Gasteiger partial charge in [-0.3, -0.25) is 0 Å². The highest BCUT2D eigenvalue weighted by Crippen LogP contribution is 2.42. The van der Waals surface area contributed by atoms with Crippen LogP contribution in [0, 0.1) is 0 Å². The quantitative estimate of drug-likeness (QED) is 0.451. The predicted octanol–water partition coefficient (Wildman–Crippen LogP) is 4.81. The molecule has 0 radical (unpaired) electrons. The first-order chi connectivity index (χ1) is 10.6. The molecular formula is C19H19N3+2. The summed E-state index contributed by atoms with van der Waals surface area (Å²) < 4.78 is 2.88. The van der Waals surface area contributed by atoms with E-state index in [4.69, 9.17) is 5.11 Å². The molecule has 0 bridgehead atoms. The minimum atomic E-state index is 0.787. The molecule has 3 heteroatoms. The Labute approximate surface area is 130 Å². The molecule has 1 aliphatic heterocycles. The average molecular weight is 289 g/mol. The van der Waals surface area contributed by atoms with Crippen LogP contribution in [0.15, 0.2) is 71.8 Å². The molecule has 0 unspecified atom stereocenters. The van der Waals surface area contributed by atoms with Crippen molar-refractivity contribution in [3.05, 3.63) is 66.7 Å². The van der Waals surface area contributed by atoms with Crippen LogP contribution in [-0.2, 0) is 0 Å². The Balaban J connectivity index is 1.98. The standard InChI is InChI=1S/C19H19N3/c1-22(2)14-21(16-9-4-3-5-10-16)20-18-13-12-15-8-6-7-11-17(15)19(18)22/h3-13H,14H2,1-2H3/q+2. The first-order valence-corrected chi connectivity index (χ1v) is 7.55. The van der Waals surface area contributed by atoms with Gasteiger partial charge >= 0.3 is 6.67 Å². The number of hydrogen-bond acceptors (Lipinski definition) is 1. The van der Waals surface area contributed by atoms with E-state index >= 15 is 0 Å². The maximum Gasteiger partial charge on any atom is 0.306 e. The van der Waals surface area contributed by atoms with E-state index in [0.29, 0.717) is 0 Å². The van der Waals surface area contributed by atoms with E-state index in [-0.39, 0.29) is 0 Å². The van der Waals surface area contributed by atoms with E-state index in [9.17, 15) is 0 Å². The van der Waals surface area contributed by atoms with Gasteiger partial charge in [0.05, 0.1) is 14.1 Å². The Kier molecular flexibility index (Phi) is 2.84. The van der Waals surface area contributed by atoms with Gasteiger partial charge in [-0.2, -0.15) is 0 Å². The molecule has 3 aromatic rings. The van der Waals surface area contributed by atoms with Crippen LogP contribution >= 0.6 is 0 Å². The van der Waals surface area contributed by atoms with E-state index in [0.717, 1.165) is 22.5 Å². The maximum atomic E-state index is 4.88. The second-order valence-corrected chi connectivity index (χ2v) is 6.32. The number of quaternary nitrogens is 1. The summed E-state index contributed by atoms with van der Waals surface area (Å²) in [6, 6.07) is 23.2. The first-order valence-electron chi connectivity index (χ1n) is 7.55. The molecule has 3 aromatic carbocycles. The van der Waals surface area contributed by atoms with Gasteiger partial charge in [-0.05, 0) is 22.2 Å².